The van der Waals surface area contributed by atoms with Crippen LogP contribution in [0.25, 0.3) is 0 Å². The van der Waals surface area contributed by atoms with Gasteiger partial charge in [0, 0.05) is 6.04 Å². The van der Waals surface area contributed by atoms with Crippen molar-refractivity contribution in [2.45, 2.75) is 26.5 Å². The Bertz CT molecular complexity index is 510. The second-order valence-electron chi connectivity index (χ2n) is 4.29. The number of alkyl halides is 2. The minimum atomic E-state index is -2.90. The second kappa shape index (κ2) is 8.35. The summed E-state index contributed by atoms with van der Waals surface area (Å²) >= 11 is 5.00. The summed E-state index contributed by atoms with van der Waals surface area (Å²) in [7, 11) is 1.37. The van der Waals surface area contributed by atoms with Crippen LogP contribution in [-0.2, 0) is 0 Å². The number of benzene rings is 1. The Morgan fingerprint density at radius 1 is 1.33 bits per heavy atom. The summed E-state index contributed by atoms with van der Waals surface area (Å²) in [4.78, 5) is 0. The van der Waals surface area contributed by atoms with Crippen LogP contribution in [0.3, 0.4) is 0 Å². The van der Waals surface area contributed by atoms with Crippen molar-refractivity contribution in [2.75, 3.05) is 7.11 Å². The molecule has 116 valence electrons. The maximum Gasteiger partial charge on any atom is 0.387 e. The summed E-state index contributed by atoms with van der Waals surface area (Å²) in [6, 6.07) is 4.69. The normalized spacial score (nSPS) is 11.0. The molecule has 21 heavy (non-hydrogen) atoms. The molecule has 0 saturated heterocycles. The van der Waals surface area contributed by atoms with E-state index in [0.29, 0.717) is 10.7 Å². The lowest BCUT2D eigenvalue weighted by atomic mass is 10.2. The Balaban J connectivity index is 2.69. The first-order valence-corrected chi connectivity index (χ1v) is 6.55. The molecular formula is C13H17F2N3O2S. The highest BCUT2D eigenvalue weighted by atomic mass is 32.1. The second-order valence-corrected chi connectivity index (χ2v) is 4.70. The van der Waals surface area contributed by atoms with E-state index in [1.807, 2.05) is 13.8 Å². The summed E-state index contributed by atoms with van der Waals surface area (Å²) in [5, 5.41) is 7.29. The summed E-state index contributed by atoms with van der Waals surface area (Å²) in [5.41, 5.74) is 3.29. The van der Waals surface area contributed by atoms with E-state index in [0.717, 1.165) is 0 Å². The highest BCUT2D eigenvalue weighted by Crippen LogP contribution is 2.28. The van der Waals surface area contributed by atoms with Crippen molar-refractivity contribution >= 4 is 23.5 Å². The number of ether oxygens (including phenoxy) is 2. The topological polar surface area (TPSA) is 54.9 Å². The van der Waals surface area contributed by atoms with E-state index < -0.39 is 6.61 Å². The van der Waals surface area contributed by atoms with Gasteiger partial charge in [-0.05, 0) is 49.8 Å². The average molecular weight is 317 g/mol. The Labute approximate surface area is 127 Å². The minimum Gasteiger partial charge on any atom is -0.493 e. The highest BCUT2D eigenvalue weighted by molar-refractivity contribution is 7.80. The van der Waals surface area contributed by atoms with Crippen LogP contribution in [0, 0.1) is 0 Å². The van der Waals surface area contributed by atoms with Gasteiger partial charge in [-0.25, -0.2) is 0 Å². The molecule has 1 aromatic carbocycles. The Morgan fingerprint density at radius 2 is 2.05 bits per heavy atom. The van der Waals surface area contributed by atoms with E-state index in [2.05, 4.69) is 20.6 Å². The number of halogens is 2. The third kappa shape index (κ3) is 6.35. The van der Waals surface area contributed by atoms with Crippen molar-refractivity contribution in [1.29, 1.82) is 0 Å². The van der Waals surface area contributed by atoms with Gasteiger partial charge < -0.3 is 14.8 Å². The van der Waals surface area contributed by atoms with E-state index in [-0.39, 0.29) is 17.5 Å². The van der Waals surface area contributed by atoms with Crippen LogP contribution in [-0.4, -0.2) is 31.1 Å². The van der Waals surface area contributed by atoms with Crippen molar-refractivity contribution < 1.29 is 18.3 Å². The quantitative estimate of drug-likeness (QED) is 0.480. The molecule has 0 amide bonds. The summed E-state index contributed by atoms with van der Waals surface area (Å²) in [6.07, 6.45) is 1.49. The van der Waals surface area contributed by atoms with E-state index in [9.17, 15) is 8.78 Å². The number of methoxy groups -OCH3 is 1. The fourth-order valence-corrected chi connectivity index (χ4v) is 1.71. The zero-order valence-electron chi connectivity index (χ0n) is 11.9. The molecule has 1 rings (SSSR count). The van der Waals surface area contributed by atoms with Gasteiger partial charge in [-0.15, -0.1) is 0 Å². The van der Waals surface area contributed by atoms with Crippen LogP contribution in [0.5, 0.6) is 11.5 Å². The van der Waals surface area contributed by atoms with Gasteiger partial charge in [0.15, 0.2) is 16.6 Å². The predicted octanol–water partition coefficient (Wildman–Crippen LogP) is 2.50. The van der Waals surface area contributed by atoms with E-state index >= 15 is 0 Å². The van der Waals surface area contributed by atoms with Gasteiger partial charge in [0.1, 0.15) is 0 Å². The van der Waals surface area contributed by atoms with Crippen LogP contribution in [0.2, 0.25) is 0 Å². The van der Waals surface area contributed by atoms with E-state index in [4.69, 9.17) is 17.0 Å². The standard InChI is InChI=1S/C13H17F2N3O2S/c1-8(2)17-13(21)18-16-7-9-4-5-10(20-12(14)15)11(6-9)19-3/h4-8,12H,1-3H3,(H2,17,18,21)/b16-7-. The number of nitrogens with zero attached hydrogens (tertiary/aromatic N) is 1. The molecule has 5 nitrogen and oxygen atoms in total. The van der Waals surface area contributed by atoms with Gasteiger partial charge in [-0.1, -0.05) is 0 Å². The molecule has 0 aromatic heterocycles. The molecule has 2 N–H and O–H groups in total. The SMILES string of the molecule is COc1cc(/C=N\NC(=S)NC(C)C)ccc1OC(F)F. The summed E-state index contributed by atoms with van der Waals surface area (Å²) in [5.74, 6) is 0.164. The molecule has 0 radical (unpaired) electrons. The van der Waals surface area contributed by atoms with E-state index in [1.165, 1.54) is 25.5 Å². The molecule has 0 bridgehead atoms. The monoisotopic (exact) mass is 317 g/mol. The first-order valence-electron chi connectivity index (χ1n) is 6.14. The van der Waals surface area contributed by atoms with Crippen LogP contribution in [0.4, 0.5) is 8.78 Å². The lowest BCUT2D eigenvalue weighted by Crippen LogP contribution is -2.36. The Morgan fingerprint density at radius 3 is 2.62 bits per heavy atom. The third-order valence-electron chi connectivity index (χ3n) is 2.20. The maximum absolute atomic E-state index is 12.2. The van der Waals surface area contributed by atoms with Gasteiger partial charge in [-0.3, -0.25) is 5.43 Å². The number of thiocarbonyl (C=S) groups is 1. The molecule has 0 aliphatic heterocycles. The van der Waals surface area contributed by atoms with Crippen molar-refractivity contribution in [1.82, 2.24) is 10.7 Å². The Kier molecular flexibility index (Phi) is 6.80. The number of rotatable bonds is 6. The van der Waals surface area contributed by atoms with Crippen LogP contribution >= 0.6 is 12.2 Å². The van der Waals surface area contributed by atoms with Crippen molar-refractivity contribution in [3.8, 4) is 11.5 Å². The van der Waals surface area contributed by atoms with Gasteiger partial charge >= 0.3 is 6.61 Å². The number of hydrogen-bond acceptors (Lipinski definition) is 4. The molecule has 0 aliphatic rings. The molecule has 0 unspecified atom stereocenters. The highest BCUT2D eigenvalue weighted by Gasteiger charge is 2.10. The van der Waals surface area contributed by atoms with Crippen LogP contribution in [0.15, 0.2) is 23.3 Å². The van der Waals surface area contributed by atoms with Crippen molar-refractivity contribution in [3.63, 3.8) is 0 Å². The van der Waals surface area contributed by atoms with Crippen LogP contribution < -0.4 is 20.2 Å². The Hall–Kier alpha value is -1.96. The first-order chi connectivity index (χ1) is 9.92. The largest absolute Gasteiger partial charge is 0.493 e. The first kappa shape index (κ1) is 17.1. The zero-order chi connectivity index (χ0) is 15.8. The number of nitrogens with one attached hydrogen (secondary N) is 2. The number of hydrazone groups is 1. The van der Waals surface area contributed by atoms with Gasteiger partial charge in [-0.2, -0.15) is 13.9 Å². The number of hydrogen-bond donors (Lipinski definition) is 2. The molecule has 0 aliphatic carbocycles. The molecule has 0 heterocycles. The van der Waals surface area contributed by atoms with Gasteiger partial charge in [0.05, 0.1) is 13.3 Å². The fraction of sp³-hybridized carbons (Fsp3) is 0.385. The van der Waals surface area contributed by atoms with Crippen molar-refractivity contribution in [2.24, 2.45) is 5.10 Å². The lowest BCUT2D eigenvalue weighted by Gasteiger charge is -2.10. The van der Waals surface area contributed by atoms with Crippen molar-refractivity contribution in [3.05, 3.63) is 23.8 Å². The maximum atomic E-state index is 12.2. The fourth-order valence-electron chi connectivity index (χ4n) is 1.42. The predicted molar refractivity (Wildman–Crippen MR) is 81.2 cm³/mol. The molecule has 0 fully saturated rings. The van der Waals surface area contributed by atoms with Gasteiger partial charge in [0.2, 0.25) is 0 Å². The summed E-state index contributed by atoms with van der Waals surface area (Å²) < 4.78 is 33.7. The third-order valence-corrected chi connectivity index (χ3v) is 2.41. The summed E-state index contributed by atoms with van der Waals surface area (Å²) in [6.45, 7) is 0.994. The molecule has 8 heteroatoms. The minimum absolute atomic E-state index is 0.0328. The zero-order valence-corrected chi connectivity index (χ0v) is 12.7. The molecule has 0 atom stereocenters. The van der Waals surface area contributed by atoms with Crippen LogP contribution in [0.1, 0.15) is 19.4 Å². The lowest BCUT2D eigenvalue weighted by molar-refractivity contribution is -0.0512. The molecular weight excluding hydrogens is 300 g/mol. The molecule has 1 aromatic rings. The molecule has 0 saturated carbocycles. The average Bonchev–Trinajstić information content (AvgIpc) is 2.38. The smallest absolute Gasteiger partial charge is 0.387 e. The van der Waals surface area contributed by atoms with E-state index in [1.54, 1.807) is 6.07 Å². The molecule has 0 spiro atoms. The van der Waals surface area contributed by atoms with Gasteiger partial charge in [0.25, 0.3) is 0 Å².